The van der Waals surface area contributed by atoms with Gasteiger partial charge in [0.15, 0.2) is 18.1 Å². The van der Waals surface area contributed by atoms with Crippen molar-refractivity contribution in [1.82, 2.24) is 5.43 Å². The van der Waals surface area contributed by atoms with Crippen LogP contribution in [0.5, 0.6) is 23.0 Å². The zero-order valence-electron chi connectivity index (χ0n) is 18.9. The number of hydrogen-bond donors (Lipinski definition) is 1. The van der Waals surface area contributed by atoms with Crippen LogP contribution in [0, 0.1) is 0 Å². The molecule has 0 heterocycles. The molecule has 0 radical (unpaired) electrons. The van der Waals surface area contributed by atoms with Crippen LogP contribution >= 0.6 is 23.2 Å². The van der Waals surface area contributed by atoms with Gasteiger partial charge in [0.1, 0.15) is 16.5 Å². The number of carbonyl (C=O) groups is 2. The summed E-state index contributed by atoms with van der Waals surface area (Å²) in [4.78, 5) is 24.4. The van der Waals surface area contributed by atoms with Crippen LogP contribution in [0.3, 0.4) is 0 Å². The molecule has 0 aliphatic rings. The second-order valence-corrected chi connectivity index (χ2v) is 7.68. The smallest absolute Gasteiger partial charge is 0.343 e. The zero-order valence-corrected chi connectivity index (χ0v) is 20.4. The Bertz CT molecular complexity index is 1220. The number of ether oxygens (including phenoxy) is 4. The van der Waals surface area contributed by atoms with Gasteiger partial charge in [0.2, 0.25) is 0 Å². The third-order valence-electron chi connectivity index (χ3n) is 4.47. The van der Waals surface area contributed by atoms with Gasteiger partial charge < -0.3 is 18.9 Å². The van der Waals surface area contributed by atoms with E-state index in [1.165, 1.54) is 13.3 Å². The van der Waals surface area contributed by atoms with Crippen LogP contribution in [0.4, 0.5) is 0 Å². The number of methoxy groups -OCH3 is 1. The van der Waals surface area contributed by atoms with E-state index in [4.69, 9.17) is 42.1 Å². The monoisotopic (exact) mass is 516 g/mol. The molecule has 0 aromatic heterocycles. The number of hydrazone groups is 1. The lowest BCUT2D eigenvalue weighted by Gasteiger charge is -2.10. The third-order valence-corrected chi connectivity index (χ3v) is 5.27. The van der Waals surface area contributed by atoms with Crippen LogP contribution in [0.2, 0.25) is 10.0 Å². The molecule has 10 heteroatoms. The number of hydrogen-bond acceptors (Lipinski definition) is 7. The van der Waals surface area contributed by atoms with Gasteiger partial charge in [-0.3, -0.25) is 4.79 Å². The van der Waals surface area contributed by atoms with Gasteiger partial charge in [0.25, 0.3) is 5.91 Å². The Balaban J connectivity index is 1.56. The summed E-state index contributed by atoms with van der Waals surface area (Å²) in [5.41, 5.74) is 3.31. The minimum Gasteiger partial charge on any atom is -0.494 e. The fourth-order valence-electron chi connectivity index (χ4n) is 2.81. The Morgan fingerprint density at radius 2 is 1.74 bits per heavy atom. The van der Waals surface area contributed by atoms with Crippen LogP contribution in [0.1, 0.15) is 22.8 Å². The predicted octanol–water partition coefficient (Wildman–Crippen LogP) is 5.15. The molecule has 8 nitrogen and oxygen atoms in total. The fourth-order valence-corrected chi connectivity index (χ4v) is 3.16. The summed E-state index contributed by atoms with van der Waals surface area (Å²) < 4.78 is 21.5. The number of nitrogens with zero attached hydrogens (tertiary/aromatic N) is 1. The maximum Gasteiger partial charge on any atom is 0.343 e. The van der Waals surface area contributed by atoms with Gasteiger partial charge in [-0.15, -0.1) is 0 Å². The fraction of sp³-hybridized carbons (Fsp3) is 0.160. The molecule has 0 saturated carbocycles. The van der Waals surface area contributed by atoms with Crippen LogP contribution in [-0.4, -0.2) is 38.4 Å². The molecule has 3 rings (SSSR count). The topological polar surface area (TPSA) is 95.5 Å². The quantitative estimate of drug-likeness (QED) is 0.173. The molecule has 3 aromatic carbocycles. The van der Waals surface area contributed by atoms with E-state index in [9.17, 15) is 9.59 Å². The van der Waals surface area contributed by atoms with Gasteiger partial charge in [-0.25, -0.2) is 10.2 Å². The molecule has 0 unspecified atom stereocenters. The van der Waals surface area contributed by atoms with Gasteiger partial charge in [-0.1, -0.05) is 29.3 Å². The first-order valence-corrected chi connectivity index (χ1v) is 11.2. The van der Waals surface area contributed by atoms with Crippen molar-refractivity contribution in [2.75, 3.05) is 20.3 Å². The maximum atomic E-state index is 12.5. The van der Waals surface area contributed by atoms with Crippen molar-refractivity contribution in [3.63, 3.8) is 0 Å². The molecule has 35 heavy (non-hydrogen) atoms. The number of amides is 1. The van der Waals surface area contributed by atoms with Gasteiger partial charge >= 0.3 is 5.97 Å². The molecule has 0 aliphatic heterocycles. The lowest BCUT2D eigenvalue weighted by atomic mass is 10.2. The SMILES string of the molecule is CCOc1ccc(C(=O)Oc2ccc(/C=N\NC(=O)COc3cccc(Cl)c3Cl)cc2OC)cc1. The highest BCUT2D eigenvalue weighted by Crippen LogP contribution is 2.31. The molecule has 0 aliphatic carbocycles. The highest BCUT2D eigenvalue weighted by atomic mass is 35.5. The summed E-state index contributed by atoms with van der Waals surface area (Å²) in [5, 5.41) is 4.44. The number of benzene rings is 3. The molecule has 0 spiro atoms. The summed E-state index contributed by atoms with van der Waals surface area (Å²) in [6.07, 6.45) is 1.41. The molecule has 0 saturated heterocycles. The molecular weight excluding hydrogens is 495 g/mol. The van der Waals surface area contributed by atoms with Crippen LogP contribution in [0.15, 0.2) is 65.8 Å². The Hall–Kier alpha value is -3.75. The molecule has 182 valence electrons. The lowest BCUT2D eigenvalue weighted by molar-refractivity contribution is -0.123. The van der Waals surface area contributed by atoms with E-state index in [0.717, 1.165) is 0 Å². The van der Waals surface area contributed by atoms with E-state index >= 15 is 0 Å². The zero-order chi connectivity index (χ0) is 25.2. The number of esters is 1. The van der Waals surface area contributed by atoms with E-state index in [0.29, 0.717) is 40.0 Å². The molecule has 1 N–H and O–H groups in total. The molecule has 0 fully saturated rings. The summed E-state index contributed by atoms with van der Waals surface area (Å²) in [6.45, 7) is 2.11. The second kappa shape index (κ2) is 12.6. The normalized spacial score (nSPS) is 10.6. The Morgan fingerprint density at radius 3 is 2.46 bits per heavy atom. The number of carbonyl (C=O) groups excluding carboxylic acids is 2. The molecule has 1 amide bonds. The first kappa shape index (κ1) is 25.9. The average molecular weight is 517 g/mol. The predicted molar refractivity (Wildman–Crippen MR) is 133 cm³/mol. The van der Waals surface area contributed by atoms with Gasteiger partial charge in [-0.2, -0.15) is 5.10 Å². The summed E-state index contributed by atoms with van der Waals surface area (Å²) in [6, 6.07) is 16.3. The van der Waals surface area contributed by atoms with E-state index in [1.807, 2.05) is 6.92 Å². The minimum atomic E-state index is -0.542. The molecule has 0 bridgehead atoms. The third kappa shape index (κ3) is 7.37. The van der Waals surface area contributed by atoms with E-state index < -0.39 is 11.9 Å². The van der Waals surface area contributed by atoms with Gasteiger partial charge in [0, 0.05) is 0 Å². The summed E-state index contributed by atoms with van der Waals surface area (Å²) in [7, 11) is 1.45. The standard InChI is InChI=1S/C25H22Cl2N2O6/c1-3-33-18-10-8-17(9-11-18)25(31)35-20-12-7-16(13-22(20)32-2)14-28-29-23(30)15-34-21-6-4-5-19(26)24(21)27/h4-14H,3,15H2,1-2H3,(H,29,30)/b28-14-. The van der Waals surface area contributed by atoms with Crippen LogP contribution in [-0.2, 0) is 4.79 Å². The second-order valence-electron chi connectivity index (χ2n) is 6.89. The largest absolute Gasteiger partial charge is 0.494 e. The van der Waals surface area contributed by atoms with Crippen molar-refractivity contribution in [1.29, 1.82) is 0 Å². The van der Waals surface area contributed by atoms with Crippen molar-refractivity contribution >= 4 is 41.3 Å². The molecule has 3 aromatic rings. The van der Waals surface area contributed by atoms with E-state index in [1.54, 1.807) is 60.7 Å². The van der Waals surface area contributed by atoms with Gasteiger partial charge in [-0.05, 0) is 67.1 Å². The van der Waals surface area contributed by atoms with E-state index in [2.05, 4.69) is 10.5 Å². The first-order chi connectivity index (χ1) is 16.9. The maximum absolute atomic E-state index is 12.5. The highest BCUT2D eigenvalue weighted by molar-refractivity contribution is 6.42. The van der Waals surface area contributed by atoms with Crippen LogP contribution < -0.4 is 24.4 Å². The lowest BCUT2D eigenvalue weighted by Crippen LogP contribution is -2.24. The van der Waals surface area contributed by atoms with Gasteiger partial charge in [0.05, 0.1) is 30.5 Å². The van der Waals surface area contributed by atoms with Crippen molar-refractivity contribution in [3.05, 3.63) is 81.8 Å². The minimum absolute atomic E-state index is 0.223. The molecular formula is C25H22Cl2N2O6. The Kier molecular flexibility index (Phi) is 9.34. The Labute approximate surface area is 212 Å². The van der Waals surface area contributed by atoms with Crippen molar-refractivity contribution < 1.29 is 28.5 Å². The Morgan fingerprint density at radius 1 is 0.971 bits per heavy atom. The van der Waals surface area contributed by atoms with Crippen molar-refractivity contribution in [2.24, 2.45) is 5.10 Å². The molecule has 0 atom stereocenters. The van der Waals surface area contributed by atoms with Crippen molar-refractivity contribution in [2.45, 2.75) is 6.92 Å². The first-order valence-electron chi connectivity index (χ1n) is 10.4. The average Bonchev–Trinajstić information content (AvgIpc) is 2.86. The van der Waals surface area contributed by atoms with E-state index in [-0.39, 0.29) is 17.4 Å². The summed E-state index contributed by atoms with van der Waals surface area (Å²) >= 11 is 11.9. The van der Waals surface area contributed by atoms with Crippen molar-refractivity contribution in [3.8, 4) is 23.0 Å². The number of halogens is 2. The summed E-state index contributed by atoms with van der Waals surface area (Å²) in [5.74, 6) is 0.471. The number of nitrogens with one attached hydrogen (secondary N) is 1. The number of rotatable bonds is 10. The highest BCUT2D eigenvalue weighted by Gasteiger charge is 2.13. The van der Waals surface area contributed by atoms with Crippen LogP contribution in [0.25, 0.3) is 0 Å².